The normalized spacial score (nSPS) is 12.4. The smallest absolute Gasteiger partial charge is 0.137 e. The first-order valence-corrected chi connectivity index (χ1v) is 5.52. The molecule has 0 saturated carbocycles. The van der Waals surface area contributed by atoms with Gasteiger partial charge in [-0.2, -0.15) is 5.10 Å². The number of aromatic nitrogens is 3. The maximum atomic E-state index is 6.15. The van der Waals surface area contributed by atoms with E-state index in [9.17, 15) is 0 Å². The van der Waals surface area contributed by atoms with E-state index in [2.05, 4.69) is 10.1 Å². The summed E-state index contributed by atoms with van der Waals surface area (Å²) in [6, 6.07) is 1.69. The Kier molecular flexibility index (Phi) is 3.39. The number of hydrogen-bond donors (Lipinski definition) is 1. The zero-order chi connectivity index (χ0) is 12.3. The summed E-state index contributed by atoms with van der Waals surface area (Å²) in [6.45, 7) is 2.56. The third kappa shape index (κ3) is 2.62. The summed E-state index contributed by atoms with van der Waals surface area (Å²) in [4.78, 5) is 4.12. The highest BCUT2D eigenvalue weighted by molar-refractivity contribution is 5.31. The maximum absolute atomic E-state index is 6.15. The largest absolute Gasteiger partial charge is 0.492 e. The lowest BCUT2D eigenvalue weighted by Crippen LogP contribution is -2.11. The van der Waals surface area contributed by atoms with Gasteiger partial charge >= 0.3 is 0 Å². The molecule has 0 aliphatic heterocycles. The number of pyridine rings is 1. The molecule has 0 amide bonds. The Morgan fingerprint density at radius 2 is 2.18 bits per heavy atom. The lowest BCUT2D eigenvalue weighted by Gasteiger charge is -2.11. The molecule has 0 bridgehead atoms. The van der Waals surface area contributed by atoms with Crippen molar-refractivity contribution in [2.24, 2.45) is 12.8 Å². The standard InChI is InChI=1S/C12H16N4O/c1-3-17-11-4-9(5-14-7-11)12(13)10-6-15-16(2)8-10/h4-8,12H,3,13H2,1-2H3. The molecule has 2 heterocycles. The van der Waals surface area contributed by atoms with Crippen molar-refractivity contribution < 1.29 is 4.74 Å². The van der Waals surface area contributed by atoms with E-state index in [1.165, 1.54) is 0 Å². The first kappa shape index (κ1) is 11.6. The highest BCUT2D eigenvalue weighted by Crippen LogP contribution is 2.21. The van der Waals surface area contributed by atoms with Gasteiger partial charge in [0.2, 0.25) is 0 Å². The molecule has 2 aromatic rings. The van der Waals surface area contributed by atoms with Crippen LogP contribution in [0, 0.1) is 0 Å². The molecular weight excluding hydrogens is 216 g/mol. The molecule has 5 heteroatoms. The summed E-state index contributed by atoms with van der Waals surface area (Å²) in [6.07, 6.45) is 7.10. The average molecular weight is 232 g/mol. The van der Waals surface area contributed by atoms with Crippen molar-refractivity contribution in [2.45, 2.75) is 13.0 Å². The van der Waals surface area contributed by atoms with Gasteiger partial charge in [0.1, 0.15) is 5.75 Å². The minimum Gasteiger partial charge on any atom is -0.492 e. The van der Waals surface area contributed by atoms with Crippen molar-refractivity contribution in [1.82, 2.24) is 14.8 Å². The number of ether oxygens (including phenoxy) is 1. The molecule has 0 fully saturated rings. The van der Waals surface area contributed by atoms with Crippen LogP contribution >= 0.6 is 0 Å². The average Bonchev–Trinajstić information content (AvgIpc) is 2.76. The summed E-state index contributed by atoms with van der Waals surface area (Å²) in [5.74, 6) is 0.740. The molecule has 1 atom stereocenters. The molecule has 5 nitrogen and oxygen atoms in total. The summed E-state index contributed by atoms with van der Waals surface area (Å²) >= 11 is 0. The Hall–Kier alpha value is -1.88. The molecule has 17 heavy (non-hydrogen) atoms. The van der Waals surface area contributed by atoms with Crippen LogP contribution in [0.3, 0.4) is 0 Å². The fourth-order valence-electron chi connectivity index (χ4n) is 1.64. The van der Waals surface area contributed by atoms with Crippen LogP contribution in [0.15, 0.2) is 30.9 Å². The van der Waals surface area contributed by atoms with Crippen molar-refractivity contribution in [2.75, 3.05) is 6.61 Å². The van der Waals surface area contributed by atoms with E-state index in [0.717, 1.165) is 16.9 Å². The number of aryl methyl sites for hydroxylation is 1. The van der Waals surface area contributed by atoms with Crippen LogP contribution in [0.4, 0.5) is 0 Å². The number of nitrogens with two attached hydrogens (primary N) is 1. The minimum absolute atomic E-state index is 0.225. The third-order valence-electron chi connectivity index (χ3n) is 2.49. The number of hydrogen-bond acceptors (Lipinski definition) is 4. The van der Waals surface area contributed by atoms with Gasteiger partial charge in [0.05, 0.1) is 25.0 Å². The maximum Gasteiger partial charge on any atom is 0.137 e. The zero-order valence-electron chi connectivity index (χ0n) is 10.00. The fourth-order valence-corrected chi connectivity index (χ4v) is 1.64. The summed E-state index contributed by atoms with van der Waals surface area (Å²) in [5.41, 5.74) is 8.03. The van der Waals surface area contributed by atoms with Gasteiger partial charge in [0, 0.05) is 25.0 Å². The quantitative estimate of drug-likeness (QED) is 0.861. The molecule has 1 unspecified atom stereocenters. The molecule has 0 radical (unpaired) electrons. The first-order chi connectivity index (χ1) is 8.20. The van der Waals surface area contributed by atoms with Gasteiger partial charge in [-0.25, -0.2) is 0 Å². The molecule has 0 spiro atoms. The predicted octanol–water partition coefficient (Wildman–Crippen LogP) is 1.26. The molecule has 0 aromatic carbocycles. The molecule has 90 valence electrons. The summed E-state index contributed by atoms with van der Waals surface area (Å²) in [5, 5.41) is 4.11. The lowest BCUT2D eigenvalue weighted by molar-refractivity contribution is 0.338. The molecule has 0 saturated heterocycles. The molecule has 2 rings (SSSR count). The second-order valence-corrected chi connectivity index (χ2v) is 3.81. The molecular formula is C12H16N4O. The van der Waals surface area contributed by atoms with Gasteiger partial charge in [-0.1, -0.05) is 0 Å². The van der Waals surface area contributed by atoms with Crippen LogP contribution in [-0.4, -0.2) is 21.4 Å². The van der Waals surface area contributed by atoms with Crippen molar-refractivity contribution in [3.8, 4) is 5.75 Å². The number of nitrogens with zero attached hydrogens (tertiary/aromatic N) is 3. The van der Waals surface area contributed by atoms with Crippen LogP contribution in [0.1, 0.15) is 24.1 Å². The Morgan fingerprint density at radius 3 is 2.82 bits per heavy atom. The van der Waals surface area contributed by atoms with Crippen LogP contribution in [0.25, 0.3) is 0 Å². The first-order valence-electron chi connectivity index (χ1n) is 5.52. The van der Waals surface area contributed by atoms with Crippen LogP contribution in [0.2, 0.25) is 0 Å². The van der Waals surface area contributed by atoms with Crippen LogP contribution in [-0.2, 0) is 7.05 Å². The van der Waals surface area contributed by atoms with E-state index in [1.807, 2.05) is 26.2 Å². The SMILES string of the molecule is CCOc1cncc(C(N)c2cnn(C)c2)c1. The Balaban J connectivity index is 2.24. The third-order valence-corrected chi connectivity index (χ3v) is 2.49. The Morgan fingerprint density at radius 1 is 1.35 bits per heavy atom. The van der Waals surface area contributed by atoms with E-state index in [0.29, 0.717) is 6.61 Å². The van der Waals surface area contributed by atoms with E-state index in [1.54, 1.807) is 23.3 Å². The summed E-state index contributed by atoms with van der Waals surface area (Å²) in [7, 11) is 1.87. The lowest BCUT2D eigenvalue weighted by atomic mass is 10.0. The number of rotatable bonds is 4. The fraction of sp³-hybridized carbons (Fsp3) is 0.333. The monoisotopic (exact) mass is 232 g/mol. The molecule has 2 aromatic heterocycles. The minimum atomic E-state index is -0.225. The summed E-state index contributed by atoms with van der Waals surface area (Å²) < 4.78 is 7.13. The second-order valence-electron chi connectivity index (χ2n) is 3.81. The van der Waals surface area contributed by atoms with Crippen LogP contribution in [0.5, 0.6) is 5.75 Å². The topological polar surface area (TPSA) is 66.0 Å². The van der Waals surface area contributed by atoms with E-state index >= 15 is 0 Å². The van der Waals surface area contributed by atoms with Crippen LogP contribution < -0.4 is 10.5 Å². The van der Waals surface area contributed by atoms with Crippen molar-refractivity contribution >= 4 is 0 Å². The molecule has 0 aliphatic carbocycles. The molecule has 2 N–H and O–H groups in total. The highest BCUT2D eigenvalue weighted by Gasteiger charge is 2.11. The molecule has 0 aliphatic rings. The van der Waals surface area contributed by atoms with E-state index in [-0.39, 0.29) is 6.04 Å². The van der Waals surface area contributed by atoms with Gasteiger partial charge in [-0.3, -0.25) is 9.67 Å². The second kappa shape index (κ2) is 4.97. The van der Waals surface area contributed by atoms with E-state index < -0.39 is 0 Å². The van der Waals surface area contributed by atoms with Crippen molar-refractivity contribution in [3.05, 3.63) is 42.0 Å². The van der Waals surface area contributed by atoms with Gasteiger partial charge in [-0.15, -0.1) is 0 Å². The van der Waals surface area contributed by atoms with Crippen molar-refractivity contribution in [1.29, 1.82) is 0 Å². The van der Waals surface area contributed by atoms with Gasteiger partial charge in [0.25, 0.3) is 0 Å². The van der Waals surface area contributed by atoms with Gasteiger partial charge in [-0.05, 0) is 18.6 Å². The highest BCUT2D eigenvalue weighted by atomic mass is 16.5. The van der Waals surface area contributed by atoms with E-state index in [4.69, 9.17) is 10.5 Å². The van der Waals surface area contributed by atoms with Crippen molar-refractivity contribution in [3.63, 3.8) is 0 Å². The Bertz CT molecular complexity index is 495. The zero-order valence-corrected chi connectivity index (χ0v) is 10.00. The van der Waals surface area contributed by atoms with Gasteiger partial charge < -0.3 is 10.5 Å². The van der Waals surface area contributed by atoms with Gasteiger partial charge in [0.15, 0.2) is 0 Å². The predicted molar refractivity (Wildman–Crippen MR) is 64.6 cm³/mol. The Labute approximate surface area is 100 Å².